The summed E-state index contributed by atoms with van der Waals surface area (Å²) in [5.74, 6) is 0.208. The fraction of sp³-hybridized carbons (Fsp3) is 0.368. The minimum atomic E-state index is -0.488. The van der Waals surface area contributed by atoms with Crippen molar-refractivity contribution in [1.82, 2.24) is 19.9 Å². The summed E-state index contributed by atoms with van der Waals surface area (Å²) >= 11 is 0. The van der Waals surface area contributed by atoms with Gasteiger partial charge in [-0.3, -0.25) is 9.69 Å². The van der Waals surface area contributed by atoms with Crippen molar-refractivity contribution in [3.63, 3.8) is 0 Å². The lowest BCUT2D eigenvalue weighted by molar-refractivity contribution is 0.276. The Morgan fingerprint density at radius 1 is 1.36 bits per heavy atom. The minimum Gasteiger partial charge on any atom is -0.401 e. The van der Waals surface area contributed by atoms with Gasteiger partial charge in [-0.25, -0.2) is 14.4 Å². The van der Waals surface area contributed by atoms with Gasteiger partial charge in [0.15, 0.2) is 11.6 Å². The summed E-state index contributed by atoms with van der Waals surface area (Å²) in [6, 6.07) is 3.08. The summed E-state index contributed by atoms with van der Waals surface area (Å²) in [4.78, 5) is 26.8. The molecule has 1 aliphatic heterocycles. The highest BCUT2D eigenvalue weighted by Crippen LogP contribution is 2.19. The topological polar surface area (TPSA) is 115 Å². The number of nitrogens with one attached hydrogen (secondary N) is 1. The fourth-order valence-corrected chi connectivity index (χ4v) is 3.08. The van der Waals surface area contributed by atoms with Crippen LogP contribution < -0.4 is 16.2 Å². The lowest BCUT2D eigenvalue weighted by Crippen LogP contribution is -2.48. The van der Waals surface area contributed by atoms with Crippen molar-refractivity contribution in [2.24, 2.45) is 5.73 Å². The third-order valence-corrected chi connectivity index (χ3v) is 4.62. The summed E-state index contributed by atoms with van der Waals surface area (Å²) in [6.07, 6.45) is 5.23. The number of nitrogens with two attached hydrogens (primary N) is 1. The van der Waals surface area contributed by atoms with Crippen LogP contribution in [-0.4, -0.2) is 52.6 Å². The SMILES string of the molecule is CCc1cnc(/C=C(\N)CN2CCN(c3ncc(C#N)cc3F)CC2)[nH]c1=O. The Kier molecular flexibility index (Phi) is 6.01. The molecule has 2 aromatic rings. The van der Waals surface area contributed by atoms with Gasteiger partial charge in [0.25, 0.3) is 5.56 Å². The van der Waals surface area contributed by atoms with Gasteiger partial charge in [0, 0.05) is 62.5 Å². The number of pyridine rings is 1. The maximum atomic E-state index is 14.1. The van der Waals surface area contributed by atoms with Gasteiger partial charge in [0.2, 0.25) is 0 Å². The molecule has 0 unspecified atom stereocenters. The second kappa shape index (κ2) is 8.63. The number of aromatic amines is 1. The lowest BCUT2D eigenvalue weighted by Gasteiger charge is -2.35. The fourth-order valence-electron chi connectivity index (χ4n) is 3.08. The number of piperazine rings is 1. The molecule has 0 aliphatic carbocycles. The van der Waals surface area contributed by atoms with E-state index in [4.69, 9.17) is 11.0 Å². The first-order valence-corrected chi connectivity index (χ1v) is 9.07. The van der Waals surface area contributed by atoms with Crippen molar-refractivity contribution < 1.29 is 4.39 Å². The van der Waals surface area contributed by atoms with Crippen molar-refractivity contribution in [2.45, 2.75) is 13.3 Å². The molecule has 3 N–H and O–H groups in total. The number of nitriles is 1. The summed E-state index contributed by atoms with van der Waals surface area (Å²) in [7, 11) is 0. The number of rotatable bonds is 5. The van der Waals surface area contributed by atoms with Gasteiger partial charge in [-0.2, -0.15) is 5.26 Å². The number of aryl methyl sites for hydroxylation is 1. The molecule has 9 heteroatoms. The van der Waals surface area contributed by atoms with Crippen LogP contribution in [0.25, 0.3) is 6.08 Å². The van der Waals surface area contributed by atoms with Crippen molar-refractivity contribution in [3.05, 3.63) is 57.3 Å². The molecule has 3 rings (SSSR count). The summed E-state index contributed by atoms with van der Waals surface area (Å²) < 4.78 is 14.1. The molecular weight excluding hydrogens is 361 g/mol. The van der Waals surface area contributed by atoms with Gasteiger partial charge < -0.3 is 15.6 Å². The molecule has 0 amide bonds. The van der Waals surface area contributed by atoms with Crippen LogP contribution in [-0.2, 0) is 6.42 Å². The molecule has 1 aliphatic rings. The van der Waals surface area contributed by atoms with Gasteiger partial charge in [0.05, 0.1) is 5.56 Å². The Balaban J connectivity index is 1.59. The Morgan fingerprint density at radius 2 is 2.11 bits per heavy atom. The molecule has 0 saturated carbocycles. The monoisotopic (exact) mass is 383 g/mol. The van der Waals surface area contributed by atoms with Crippen LogP contribution >= 0.6 is 0 Å². The average Bonchev–Trinajstić information content (AvgIpc) is 2.68. The third-order valence-electron chi connectivity index (χ3n) is 4.62. The second-order valence-corrected chi connectivity index (χ2v) is 6.60. The zero-order valence-corrected chi connectivity index (χ0v) is 15.7. The zero-order chi connectivity index (χ0) is 20.1. The van der Waals surface area contributed by atoms with Gasteiger partial charge in [-0.1, -0.05) is 6.92 Å². The first kappa shape index (κ1) is 19.5. The van der Waals surface area contributed by atoms with E-state index in [2.05, 4.69) is 19.9 Å². The number of nitrogens with zero attached hydrogens (tertiary/aromatic N) is 5. The molecule has 0 spiro atoms. The maximum Gasteiger partial charge on any atom is 0.254 e. The molecule has 0 aromatic carbocycles. The highest BCUT2D eigenvalue weighted by atomic mass is 19.1. The van der Waals surface area contributed by atoms with Gasteiger partial charge in [-0.05, 0) is 12.5 Å². The predicted octanol–water partition coefficient (Wildman–Crippen LogP) is 0.860. The normalized spacial score (nSPS) is 15.5. The van der Waals surface area contributed by atoms with Gasteiger partial charge >= 0.3 is 0 Å². The molecule has 2 aromatic heterocycles. The smallest absolute Gasteiger partial charge is 0.254 e. The Labute approximate surface area is 162 Å². The van der Waals surface area contributed by atoms with Gasteiger partial charge in [-0.15, -0.1) is 0 Å². The first-order chi connectivity index (χ1) is 13.5. The average molecular weight is 383 g/mol. The van der Waals surface area contributed by atoms with Crippen LogP contribution in [0.15, 0.2) is 29.0 Å². The molecule has 0 bridgehead atoms. The van der Waals surface area contributed by atoms with E-state index >= 15 is 0 Å². The first-order valence-electron chi connectivity index (χ1n) is 9.07. The number of halogens is 1. The minimum absolute atomic E-state index is 0.151. The van der Waals surface area contributed by atoms with E-state index in [0.717, 1.165) is 0 Å². The van der Waals surface area contributed by atoms with Crippen molar-refractivity contribution in [2.75, 3.05) is 37.6 Å². The van der Waals surface area contributed by atoms with Crippen LogP contribution in [0.4, 0.5) is 10.2 Å². The van der Waals surface area contributed by atoms with Crippen molar-refractivity contribution >= 4 is 11.9 Å². The van der Waals surface area contributed by atoms with E-state index in [1.165, 1.54) is 12.3 Å². The quantitative estimate of drug-likeness (QED) is 0.787. The molecule has 1 saturated heterocycles. The third kappa shape index (κ3) is 4.53. The van der Waals surface area contributed by atoms with E-state index < -0.39 is 5.82 Å². The van der Waals surface area contributed by atoms with Crippen LogP contribution in [0.1, 0.15) is 23.9 Å². The van der Waals surface area contributed by atoms with Crippen molar-refractivity contribution in [1.29, 1.82) is 5.26 Å². The maximum absolute atomic E-state index is 14.1. The molecule has 28 heavy (non-hydrogen) atoms. The number of aromatic nitrogens is 3. The Hall–Kier alpha value is -3.25. The molecule has 0 atom stereocenters. The van der Waals surface area contributed by atoms with E-state index in [9.17, 15) is 9.18 Å². The van der Waals surface area contributed by atoms with E-state index in [1.54, 1.807) is 12.3 Å². The number of hydrogen-bond donors (Lipinski definition) is 2. The largest absolute Gasteiger partial charge is 0.401 e. The molecule has 0 radical (unpaired) electrons. The highest BCUT2D eigenvalue weighted by Gasteiger charge is 2.21. The molecule has 8 nitrogen and oxygen atoms in total. The van der Waals surface area contributed by atoms with E-state index in [-0.39, 0.29) is 16.9 Å². The second-order valence-electron chi connectivity index (χ2n) is 6.60. The predicted molar refractivity (Wildman–Crippen MR) is 104 cm³/mol. The summed E-state index contributed by atoms with van der Waals surface area (Å²) in [6.45, 7) is 5.00. The summed E-state index contributed by atoms with van der Waals surface area (Å²) in [5, 5.41) is 8.81. The zero-order valence-electron chi connectivity index (χ0n) is 15.7. The molecule has 1 fully saturated rings. The van der Waals surface area contributed by atoms with Gasteiger partial charge in [0.1, 0.15) is 11.9 Å². The van der Waals surface area contributed by atoms with Crippen LogP contribution in [0.5, 0.6) is 0 Å². The lowest BCUT2D eigenvalue weighted by atomic mass is 10.2. The Bertz CT molecular complexity index is 971. The van der Waals surface area contributed by atoms with E-state index in [0.29, 0.717) is 56.2 Å². The summed E-state index contributed by atoms with van der Waals surface area (Å²) in [5.41, 5.74) is 7.38. The van der Waals surface area contributed by atoms with Crippen LogP contribution in [0.3, 0.4) is 0 Å². The number of anilines is 1. The van der Waals surface area contributed by atoms with Crippen molar-refractivity contribution in [3.8, 4) is 6.07 Å². The molecular formula is C19H22FN7O. The molecule has 3 heterocycles. The van der Waals surface area contributed by atoms with Crippen LogP contribution in [0.2, 0.25) is 0 Å². The molecule has 146 valence electrons. The number of H-pyrrole nitrogens is 1. The van der Waals surface area contributed by atoms with E-state index in [1.807, 2.05) is 17.9 Å². The standard InChI is InChI=1S/C19H22FN7O/c1-2-14-11-23-17(25-19(14)28)8-15(22)12-26-3-5-27(6-4-26)18-16(20)7-13(9-21)10-24-18/h7-8,10-11H,2-6,12,22H2,1H3,(H,23,25,28)/b15-8-. The van der Waals surface area contributed by atoms with Crippen LogP contribution in [0, 0.1) is 17.1 Å². The number of hydrogen-bond acceptors (Lipinski definition) is 7. The highest BCUT2D eigenvalue weighted by molar-refractivity contribution is 5.45. The Morgan fingerprint density at radius 3 is 2.71 bits per heavy atom.